The number of aromatic amines is 1. The third kappa shape index (κ3) is 4.87. The van der Waals surface area contributed by atoms with E-state index in [0.717, 1.165) is 10.9 Å². The standard InChI is InChI=1S/C7H6N2.C6H8O7/c1-2-4-7-6(3-1)5-8-9-7;7-3(8)1-6(13,5(11)12)2-4(9)10/h1-5H,(H,8,9);13H,1-2H2,(H,7,8)(H,9,10)(H,11,12). The molecule has 1 heterocycles. The second kappa shape index (κ2) is 7.18. The summed E-state index contributed by atoms with van der Waals surface area (Å²) in [4.78, 5) is 30.5. The van der Waals surface area contributed by atoms with Gasteiger partial charge in [0.1, 0.15) is 0 Å². The molecule has 0 atom stereocenters. The predicted octanol–water partition coefficient (Wildman–Crippen LogP) is 0.314. The van der Waals surface area contributed by atoms with Gasteiger partial charge in [0.15, 0.2) is 5.60 Å². The van der Waals surface area contributed by atoms with E-state index in [1.54, 1.807) is 0 Å². The molecule has 0 aliphatic carbocycles. The minimum atomic E-state index is -2.74. The minimum absolute atomic E-state index is 1.09. The zero-order valence-electron chi connectivity index (χ0n) is 11.3. The number of carbonyl (C=O) groups is 3. The number of aliphatic carboxylic acids is 3. The summed E-state index contributed by atoms with van der Waals surface area (Å²) in [6.45, 7) is 0. The fourth-order valence-corrected chi connectivity index (χ4v) is 1.60. The number of nitrogens with one attached hydrogen (secondary N) is 1. The van der Waals surface area contributed by atoms with Crippen LogP contribution in [0.1, 0.15) is 12.8 Å². The number of fused-ring (bicyclic) bond motifs is 1. The average Bonchev–Trinajstić information content (AvgIpc) is 2.85. The largest absolute Gasteiger partial charge is 0.481 e. The Balaban J connectivity index is 0.000000231. The molecule has 0 saturated heterocycles. The average molecular weight is 310 g/mol. The molecule has 0 unspecified atom stereocenters. The third-order valence-corrected chi connectivity index (χ3v) is 2.63. The van der Waals surface area contributed by atoms with Gasteiger partial charge in [-0.15, -0.1) is 0 Å². The normalized spacial score (nSPS) is 10.6. The number of carboxylic acid groups (broad SMARTS) is 3. The molecule has 0 saturated carbocycles. The van der Waals surface area contributed by atoms with Crippen molar-refractivity contribution in [1.82, 2.24) is 10.2 Å². The van der Waals surface area contributed by atoms with E-state index in [-0.39, 0.29) is 0 Å². The first-order valence-corrected chi connectivity index (χ1v) is 6.02. The molecule has 0 aliphatic rings. The van der Waals surface area contributed by atoms with Crippen LogP contribution in [0.25, 0.3) is 10.9 Å². The number of hydrogen-bond acceptors (Lipinski definition) is 5. The highest BCUT2D eigenvalue weighted by atomic mass is 16.4. The number of hydrogen-bond donors (Lipinski definition) is 5. The first kappa shape index (κ1) is 17.1. The van der Waals surface area contributed by atoms with Crippen molar-refractivity contribution in [3.05, 3.63) is 30.5 Å². The molecule has 0 amide bonds. The molecule has 9 nitrogen and oxygen atoms in total. The summed E-state index contributed by atoms with van der Waals surface area (Å²) >= 11 is 0. The van der Waals surface area contributed by atoms with Crippen LogP contribution < -0.4 is 0 Å². The lowest BCUT2D eigenvalue weighted by atomic mass is 9.96. The maximum atomic E-state index is 10.3. The highest BCUT2D eigenvalue weighted by Gasteiger charge is 2.40. The van der Waals surface area contributed by atoms with E-state index in [2.05, 4.69) is 10.2 Å². The van der Waals surface area contributed by atoms with Gasteiger partial charge in [-0.3, -0.25) is 14.7 Å². The highest BCUT2D eigenvalue weighted by molar-refractivity contribution is 5.88. The van der Waals surface area contributed by atoms with Crippen LogP contribution in [-0.2, 0) is 14.4 Å². The minimum Gasteiger partial charge on any atom is -0.481 e. The lowest BCUT2D eigenvalue weighted by Gasteiger charge is -2.18. The second-order valence-electron chi connectivity index (χ2n) is 4.44. The van der Waals surface area contributed by atoms with Gasteiger partial charge in [0.05, 0.1) is 24.6 Å². The van der Waals surface area contributed by atoms with Crippen LogP contribution >= 0.6 is 0 Å². The molecule has 2 rings (SSSR count). The van der Waals surface area contributed by atoms with Crippen LogP contribution in [0.5, 0.6) is 0 Å². The summed E-state index contributed by atoms with van der Waals surface area (Å²) in [6, 6.07) is 8.01. The Kier molecular flexibility index (Phi) is 5.58. The third-order valence-electron chi connectivity index (χ3n) is 2.63. The Morgan fingerprint density at radius 3 is 2.05 bits per heavy atom. The molecule has 2 aromatic rings. The van der Waals surface area contributed by atoms with Crippen molar-refractivity contribution in [2.24, 2.45) is 0 Å². The van der Waals surface area contributed by atoms with Gasteiger partial charge in [-0.1, -0.05) is 18.2 Å². The molecule has 1 aromatic carbocycles. The molecule has 5 N–H and O–H groups in total. The Labute approximate surface area is 123 Å². The van der Waals surface area contributed by atoms with E-state index in [1.807, 2.05) is 30.5 Å². The summed E-state index contributed by atoms with van der Waals surface area (Å²) in [5.41, 5.74) is -1.64. The number of H-pyrrole nitrogens is 1. The summed E-state index contributed by atoms with van der Waals surface area (Å²) in [6.07, 6.45) is -0.474. The Hall–Kier alpha value is -2.94. The molecule has 1 aromatic heterocycles. The summed E-state index contributed by atoms with van der Waals surface area (Å²) < 4.78 is 0. The van der Waals surface area contributed by atoms with Gasteiger partial charge < -0.3 is 20.4 Å². The maximum absolute atomic E-state index is 10.3. The van der Waals surface area contributed by atoms with E-state index in [4.69, 9.17) is 20.4 Å². The number of nitrogens with zero attached hydrogens (tertiary/aromatic N) is 1. The molecule has 118 valence electrons. The van der Waals surface area contributed by atoms with Gasteiger partial charge in [-0.2, -0.15) is 5.10 Å². The summed E-state index contributed by atoms with van der Waals surface area (Å²) in [5.74, 6) is -5.02. The SMILES string of the molecule is O=C(O)CC(O)(CC(=O)O)C(=O)O.c1ccc2[nH]ncc2c1. The lowest BCUT2D eigenvalue weighted by molar-refractivity contribution is -0.170. The van der Waals surface area contributed by atoms with Crippen molar-refractivity contribution in [3.63, 3.8) is 0 Å². The maximum Gasteiger partial charge on any atom is 0.336 e. The number of aliphatic hydroxyl groups is 1. The fraction of sp³-hybridized carbons (Fsp3) is 0.231. The number of carboxylic acids is 3. The Morgan fingerprint density at radius 1 is 1.05 bits per heavy atom. The summed E-state index contributed by atoms with van der Waals surface area (Å²) in [5, 5.41) is 41.7. The number of rotatable bonds is 5. The van der Waals surface area contributed by atoms with Gasteiger partial charge in [0.2, 0.25) is 0 Å². The van der Waals surface area contributed by atoms with E-state index in [0.29, 0.717) is 0 Å². The molecule has 0 spiro atoms. The molecule has 0 aliphatic heterocycles. The van der Waals surface area contributed by atoms with Crippen LogP contribution in [0.4, 0.5) is 0 Å². The Morgan fingerprint density at radius 2 is 1.59 bits per heavy atom. The van der Waals surface area contributed by atoms with Gasteiger partial charge in [-0.05, 0) is 6.07 Å². The van der Waals surface area contributed by atoms with Gasteiger partial charge in [0, 0.05) is 5.39 Å². The van der Waals surface area contributed by atoms with Crippen molar-refractivity contribution in [2.45, 2.75) is 18.4 Å². The molecule has 0 fully saturated rings. The molecular weight excluding hydrogens is 296 g/mol. The van der Waals surface area contributed by atoms with Crippen molar-refractivity contribution in [1.29, 1.82) is 0 Å². The van der Waals surface area contributed by atoms with E-state index < -0.39 is 36.4 Å². The molecule has 22 heavy (non-hydrogen) atoms. The summed E-state index contributed by atoms with van der Waals surface area (Å²) in [7, 11) is 0. The number of benzene rings is 1. The van der Waals surface area contributed by atoms with Crippen LogP contribution in [0.3, 0.4) is 0 Å². The van der Waals surface area contributed by atoms with Crippen LogP contribution in [-0.4, -0.2) is 54.1 Å². The van der Waals surface area contributed by atoms with E-state index in [9.17, 15) is 14.4 Å². The second-order valence-corrected chi connectivity index (χ2v) is 4.44. The first-order chi connectivity index (χ1) is 10.2. The quantitative estimate of drug-likeness (QED) is 0.527. The van der Waals surface area contributed by atoms with Crippen molar-refractivity contribution < 1.29 is 34.8 Å². The highest BCUT2D eigenvalue weighted by Crippen LogP contribution is 2.15. The molecule has 9 heteroatoms. The topological polar surface area (TPSA) is 161 Å². The van der Waals surface area contributed by atoms with Gasteiger partial charge in [0.25, 0.3) is 0 Å². The van der Waals surface area contributed by atoms with E-state index >= 15 is 0 Å². The lowest BCUT2D eigenvalue weighted by Crippen LogP contribution is -2.42. The number of aromatic nitrogens is 2. The smallest absolute Gasteiger partial charge is 0.336 e. The fourth-order valence-electron chi connectivity index (χ4n) is 1.60. The Bertz CT molecular complexity index is 634. The van der Waals surface area contributed by atoms with Crippen LogP contribution in [0, 0.1) is 0 Å². The van der Waals surface area contributed by atoms with Crippen molar-refractivity contribution >= 4 is 28.8 Å². The number of para-hydroxylation sites is 1. The zero-order chi connectivity index (χ0) is 16.8. The van der Waals surface area contributed by atoms with Crippen LogP contribution in [0.15, 0.2) is 30.5 Å². The molecule has 0 radical (unpaired) electrons. The predicted molar refractivity (Wildman–Crippen MR) is 73.2 cm³/mol. The van der Waals surface area contributed by atoms with Gasteiger partial charge >= 0.3 is 17.9 Å². The van der Waals surface area contributed by atoms with Gasteiger partial charge in [-0.25, -0.2) is 4.79 Å². The van der Waals surface area contributed by atoms with Crippen LogP contribution in [0.2, 0.25) is 0 Å². The zero-order valence-corrected chi connectivity index (χ0v) is 11.3. The first-order valence-electron chi connectivity index (χ1n) is 6.02. The van der Waals surface area contributed by atoms with E-state index in [1.165, 1.54) is 0 Å². The molecule has 0 bridgehead atoms. The van der Waals surface area contributed by atoms with Crippen molar-refractivity contribution in [3.8, 4) is 0 Å². The molecular formula is C13H14N2O7. The monoisotopic (exact) mass is 310 g/mol. The van der Waals surface area contributed by atoms with Crippen molar-refractivity contribution in [2.75, 3.05) is 0 Å².